The predicted octanol–water partition coefficient (Wildman–Crippen LogP) is 3.66. The molecule has 2 N–H and O–H groups in total. The molecule has 1 aromatic rings. The molecule has 5 atom stereocenters. The van der Waals surface area contributed by atoms with Gasteiger partial charge in [-0.2, -0.15) is 0 Å². The summed E-state index contributed by atoms with van der Waals surface area (Å²) < 4.78 is 5.14. The quantitative estimate of drug-likeness (QED) is 0.889. The van der Waals surface area contributed by atoms with Crippen molar-refractivity contribution < 1.29 is 19.4 Å². The fraction of sp³-hybridized carbons (Fsp3) is 0.632. The first-order chi connectivity index (χ1) is 10.9. The van der Waals surface area contributed by atoms with Gasteiger partial charge in [-0.3, -0.25) is 0 Å². The molecule has 0 unspecified atom stereocenters. The molecule has 3 rings (SSSR count). The van der Waals surface area contributed by atoms with Crippen LogP contribution in [0.25, 0.3) is 0 Å². The summed E-state index contributed by atoms with van der Waals surface area (Å²) in [7, 11) is 0. The summed E-state index contributed by atoms with van der Waals surface area (Å²) in [5, 5.41) is 20.3. The average Bonchev–Trinajstić information content (AvgIpc) is 3.00. The van der Waals surface area contributed by atoms with Gasteiger partial charge in [0.1, 0.15) is 0 Å². The molecular weight excluding hydrogens is 292 g/mol. The largest absolute Gasteiger partial charge is 0.478 e. The lowest BCUT2D eigenvalue weighted by Crippen LogP contribution is -2.51. The van der Waals surface area contributed by atoms with Gasteiger partial charge in [-0.1, -0.05) is 19.9 Å². The van der Waals surface area contributed by atoms with E-state index in [2.05, 4.69) is 6.92 Å². The molecule has 0 radical (unpaired) electrons. The van der Waals surface area contributed by atoms with E-state index in [0.29, 0.717) is 23.8 Å². The number of hydrogen-bond donors (Lipinski definition) is 2. The smallest absolute Gasteiger partial charge is 0.331 e. The first kappa shape index (κ1) is 16.3. The van der Waals surface area contributed by atoms with Crippen molar-refractivity contribution in [3.63, 3.8) is 0 Å². The Morgan fingerprint density at radius 1 is 1.48 bits per heavy atom. The van der Waals surface area contributed by atoms with Crippen LogP contribution in [-0.2, 0) is 11.2 Å². The molecule has 1 heterocycles. The number of fused-ring (bicyclic) bond motifs is 1. The van der Waals surface area contributed by atoms with Crippen LogP contribution < -0.4 is 0 Å². The summed E-state index contributed by atoms with van der Waals surface area (Å²) in [6.07, 6.45) is 8.94. The maximum Gasteiger partial charge on any atom is 0.331 e. The topological polar surface area (TPSA) is 70.7 Å². The highest BCUT2D eigenvalue weighted by Gasteiger charge is 2.53. The van der Waals surface area contributed by atoms with E-state index in [1.54, 1.807) is 18.6 Å². The Morgan fingerprint density at radius 2 is 2.26 bits per heavy atom. The van der Waals surface area contributed by atoms with Crippen LogP contribution in [0, 0.1) is 23.2 Å². The Labute approximate surface area is 137 Å². The summed E-state index contributed by atoms with van der Waals surface area (Å²) in [4.78, 5) is 11.7. The highest BCUT2D eigenvalue weighted by molar-refractivity contribution is 5.88. The van der Waals surface area contributed by atoms with Gasteiger partial charge in [0.15, 0.2) is 0 Å². The van der Waals surface area contributed by atoms with E-state index in [1.807, 2.05) is 13.0 Å². The molecule has 1 saturated carbocycles. The molecule has 1 aromatic heterocycles. The molecule has 0 spiro atoms. The molecule has 2 aliphatic rings. The van der Waals surface area contributed by atoms with E-state index < -0.39 is 17.5 Å². The molecule has 0 aromatic carbocycles. The van der Waals surface area contributed by atoms with Crippen molar-refractivity contribution in [3.05, 3.63) is 35.8 Å². The molecule has 0 bridgehead atoms. The summed E-state index contributed by atoms with van der Waals surface area (Å²) in [5.41, 5.74) is 1.26. The Balaban J connectivity index is 1.86. The maximum absolute atomic E-state index is 11.7. The lowest BCUT2D eigenvalue weighted by atomic mass is 9.52. The van der Waals surface area contributed by atoms with Crippen molar-refractivity contribution in [2.75, 3.05) is 0 Å². The molecule has 1 fully saturated rings. The predicted molar refractivity (Wildman–Crippen MR) is 86.9 cm³/mol. The second kappa shape index (κ2) is 6.16. The van der Waals surface area contributed by atoms with Crippen molar-refractivity contribution in [1.82, 2.24) is 0 Å². The highest BCUT2D eigenvalue weighted by Crippen LogP contribution is 2.56. The third-order valence-corrected chi connectivity index (χ3v) is 6.22. The molecule has 4 nitrogen and oxygen atoms in total. The number of carbonyl (C=O) groups is 1. The van der Waals surface area contributed by atoms with Crippen LogP contribution in [0.5, 0.6) is 0 Å². The minimum absolute atomic E-state index is 0.0225. The van der Waals surface area contributed by atoms with Gasteiger partial charge in [0.25, 0.3) is 0 Å². The molecule has 0 saturated heterocycles. The standard InChI is InChI=1S/C19H26O4/c1-12-7-9-19(2)15(18(21)22)5-6-16(20)17(19)14(12)4-3-13-8-10-23-11-13/h5,8,10-12,14,16-17,20H,3-4,6-7,9H2,1-2H3,(H,21,22)/t12-,14+,16+,17+,19+/m1/s1. The second-order valence-electron chi connectivity index (χ2n) is 7.52. The van der Waals surface area contributed by atoms with Crippen LogP contribution in [0.15, 0.2) is 34.7 Å². The number of carboxylic acid groups (broad SMARTS) is 1. The number of aliphatic hydroxyl groups excluding tert-OH is 1. The van der Waals surface area contributed by atoms with Crippen LogP contribution in [0.3, 0.4) is 0 Å². The molecule has 2 aliphatic carbocycles. The van der Waals surface area contributed by atoms with E-state index in [1.165, 1.54) is 5.56 Å². The van der Waals surface area contributed by atoms with E-state index in [0.717, 1.165) is 25.7 Å². The van der Waals surface area contributed by atoms with Crippen LogP contribution in [-0.4, -0.2) is 22.3 Å². The van der Waals surface area contributed by atoms with Crippen molar-refractivity contribution in [2.45, 2.75) is 52.1 Å². The number of furan rings is 1. The van der Waals surface area contributed by atoms with Gasteiger partial charge in [0.2, 0.25) is 0 Å². The van der Waals surface area contributed by atoms with E-state index in [9.17, 15) is 15.0 Å². The van der Waals surface area contributed by atoms with Gasteiger partial charge >= 0.3 is 5.97 Å². The van der Waals surface area contributed by atoms with E-state index >= 15 is 0 Å². The van der Waals surface area contributed by atoms with Crippen LogP contribution in [0.1, 0.15) is 45.1 Å². The SMILES string of the molecule is C[C@@H]1CC[C@@]2(C)C(C(=O)O)=CC[C@H](O)[C@@H]2[C@H]1CCc1ccoc1. The monoisotopic (exact) mass is 318 g/mol. The fourth-order valence-electron chi connectivity index (χ4n) is 4.94. The third-order valence-electron chi connectivity index (χ3n) is 6.22. The van der Waals surface area contributed by atoms with E-state index in [-0.39, 0.29) is 5.92 Å². The molecule has 0 aliphatic heterocycles. The number of aryl methyl sites for hydroxylation is 1. The summed E-state index contributed by atoms with van der Waals surface area (Å²) in [6.45, 7) is 4.28. The zero-order valence-corrected chi connectivity index (χ0v) is 13.9. The normalized spacial score (nSPS) is 37.1. The Bertz CT molecular complexity index is 589. The summed E-state index contributed by atoms with van der Waals surface area (Å²) in [6, 6.07) is 1.98. The Kier molecular flexibility index (Phi) is 4.37. The van der Waals surface area contributed by atoms with Gasteiger partial charge in [0.05, 0.1) is 18.6 Å². The zero-order valence-electron chi connectivity index (χ0n) is 13.9. The van der Waals surface area contributed by atoms with Gasteiger partial charge < -0.3 is 14.6 Å². The molecule has 23 heavy (non-hydrogen) atoms. The van der Waals surface area contributed by atoms with Gasteiger partial charge in [-0.25, -0.2) is 4.79 Å². The number of carboxylic acids is 1. The van der Waals surface area contributed by atoms with Crippen molar-refractivity contribution in [2.24, 2.45) is 23.2 Å². The fourth-order valence-corrected chi connectivity index (χ4v) is 4.94. The third kappa shape index (κ3) is 2.85. The molecule has 4 heteroatoms. The van der Waals surface area contributed by atoms with E-state index in [4.69, 9.17) is 4.42 Å². The minimum atomic E-state index is -0.826. The molecule has 0 amide bonds. The minimum Gasteiger partial charge on any atom is -0.478 e. The maximum atomic E-state index is 11.7. The van der Waals surface area contributed by atoms with Crippen LogP contribution >= 0.6 is 0 Å². The van der Waals surface area contributed by atoms with Crippen LogP contribution in [0.2, 0.25) is 0 Å². The Hall–Kier alpha value is -1.55. The van der Waals surface area contributed by atoms with Crippen molar-refractivity contribution in [1.29, 1.82) is 0 Å². The lowest BCUT2D eigenvalue weighted by molar-refractivity contribution is -0.137. The Morgan fingerprint density at radius 3 is 2.91 bits per heavy atom. The summed E-state index contributed by atoms with van der Waals surface area (Å²) >= 11 is 0. The lowest BCUT2D eigenvalue weighted by Gasteiger charge is -2.53. The summed E-state index contributed by atoms with van der Waals surface area (Å²) in [5.74, 6) is 0.0336. The number of aliphatic hydroxyl groups is 1. The molecular formula is C19H26O4. The zero-order chi connectivity index (χ0) is 16.6. The van der Waals surface area contributed by atoms with Gasteiger partial charge in [-0.05, 0) is 61.5 Å². The first-order valence-electron chi connectivity index (χ1n) is 8.56. The van der Waals surface area contributed by atoms with Crippen molar-refractivity contribution in [3.8, 4) is 0 Å². The van der Waals surface area contributed by atoms with Crippen LogP contribution in [0.4, 0.5) is 0 Å². The highest BCUT2D eigenvalue weighted by atomic mass is 16.4. The van der Waals surface area contributed by atoms with Gasteiger partial charge in [0, 0.05) is 11.0 Å². The number of hydrogen-bond acceptors (Lipinski definition) is 3. The van der Waals surface area contributed by atoms with Crippen molar-refractivity contribution >= 4 is 5.97 Å². The molecule has 126 valence electrons. The first-order valence-corrected chi connectivity index (χ1v) is 8.56. The number of aliphatic carboxylic acids is 1. The number of rotatable bonds is 4. The average molecular weight is 318 g/mol. The second-order valence-corrected chi connectivity index (χ2v) is 7.52. The van der Waals surface area contributed by atoms with Gasteiger partial charge in [-0.15, -0.1) is 0 Å².